The maximum Gasteiger partial charge on any atom is 0.323 e. The molecule has 2 aromatic rings. The van der Waals surface area contributed by atoms with Gasteiger partial charge in [0.2, 0.25) is 0 Å². The Morgan fingerprint density at radius 1 is 1.50 bits per heavy atom. The summed E-state index contributed by atoms with van der Waals surface area (Å²) in [4.78, 5) is 11.0. The largest absolute Gasteiger partial charge is 0.480 e. The molecule has 0 unspecified atom stereocenters. The van der Waals surface area contributed by atoms with Gasteiger partial charge in [-0.3, -0.25) is 4.79 Å². The highest BCUT2D eigenvalue weighted by molar-refractivity contribution is 6.31. The predicted molar refractivity (Wildman–Crippen MR) is 70.0 cm³/mol. The van der Waals surface area contributed by atoms with Gasteiger partial charge in [-0.1, -0.05) is 17.7 Å². The molecule has 5 heteroatoms. The van der Waals surface area contributed by atoms with Crippen molar-refractivity contribution in [3.05, 3.63) is 34.5 Å². The van der Waals surface area contributed by atoms with Gasteiger partial charge < -0.3 is 15.0 Å². The van der Waals surface area contributed by atoms with Crippen molar-refractivity contribution in [1.82, 2.24) is 9.88 Å². The number of fused-ring (bicyclic) bond motifs is 3. The van der Waals surface area contributed by atoms with Crippen molar-refractivity contribution in [3.63, 3.8) is 0 Å². The van der Waals surface area contributed by atoms with Gasteiger partial charge in [-0.15, -0.1) is 0 Å². The maximum absolute atomic E-state index is 11.0. The van der Waals surface area contributed by atoms with Gasteiger partial charge in [-0.2, -0.15) is 0 Å². The second-order valence-corrected chi connectivity index (χ2v) is 4.93. The third-order valence-electron chi connectivity index (χ3n) is 3.38. The Balaban J connectivity index is 2.29. The third kappa shape index (κ3) is 1.78. The van der Waals surface area contributed by atoms with Crippen LogP contribution >= 0.6 is 11.6 Å². The van der Waals surface area contributed by atoms with E-state index in [1.807, 2.05) is 22.8 Å². The summed E-state index contributed by atoms with van der Waals surface area (Å²) >= 11 is 6.01. The minimum absolute atomic E-state index is 0.00776. The van der Waals surface area contributed by atoms with Crippen molar-refractivity contribution in [2.24, 2.45) is 0 Å². The highest BCUT2D eigenvalue weighted by atomic mass is 35.5. The van der Waals surface area contributed by atoms with Crippen LogP contribution in [-0.4, -0.2) is 22.2 Å². The number of hydrogen-bond donors (Lipinski definition) is 2. The molecule has 0 fully saturated rings. The van der Waals surface area contributed by atoms with E-state index in [0.717, 1.165) is 36.1 Å². The van der Waals surface area contributed by atoms with Crippen LogP contribution in [0.4, 0.5) is 0 Å². The van der Waals surface area contributed by atoms with E-state index in [9.17, 15) is 4.79 Å². The first kappa shape index (κ1) is 11.6. The van der Waals surface area contributed by atoms with Gasteiger partial charge in [0.1, 0.15) is 6.54 Å². The first-order chi connectivity index (χ1) is 8.66. The van der Waals surface area contributed by atoms with Crippen LogP contribution in [0, 0.1) is 0 Å². The van der Waals surface area contributed by atoms with Crippen LogP contribution in [0.3, 0.4) is 0 Å². The van der Waals surface area contributed by atoms with E-state index in [0.29, 0.717) is 5.02 Å². The van der Waals surface area contributed by atoms with Crippen LogP contribution in [0.1, 0.15) is 11.3 Å². The summed E-state index contributed by atoms with van der Waals surface area (Å²) in [6.07, 6.45) is 0.856. The van der Waals surface area contributed by atoms with Crippen LogP contribution in [-0.2, 0) is 24.3 Å². The lowest BCUT2D eigenvalue weighted by molar-refractivity contribution is -0.137. The molecule has 0 aliphatic carbocycles. The van der Waals surface area contributed by atoms with Crippen molar-refractivity contribution in [3.8, 4) is 0 Å². The smallest absolute Gasteiger partial charge is 0.323 e. The number of nitrogens with one attached hydrogen (secondary N) is 1. The molecular weight excluding hydrogens is 252 g/mol. The number of nitrogens with zero attached hydrogens (tertiary/aromatic N) is 1. The Kier molecular flexibility index (Phi) is 2.76. The molecule has 0 spiro atoms. The summed E-state index contributed by atoms with van der Waals surface area (Å²) in [5.41, 5.74) is 3.24. The molecule has 1 aromatic heterocycles. The number of benzene rings is 1. The van der Waals surface area contributed by atoms with Gasteiger partial charge >= 0.3 is 5.97 Å². The minimum Gasteiger partial charge on any atom is -0.480 e. The van der Waals surface area contributed by atoms with Crippen molar-refractivity contribution >= 4 is 28.5 Å². The molecule has 18 heavy (non-hydrogen) atoms. The predicted octanol–water partition coefficient (Wildman–Crippen LogP) is 2.02. The standard InChI is InChI=1S/C13H13ClN2O2/c14-8-1-2-9-10-6-15-4-3-11(10)16(7-13(17)18)12(9)5-8/h1-2,5,15H,3-4,6-7H2,(H,17,18). The van der Waals surface area contributed by atoms with Gasteiger partial charge in [-0.25, -0.2) is 0 Å². The Morgan fingerprint density at radius 3 is 3.11 bits per heavy atom. The fourth-order valence-corrected chi connectivity index (χ4v) is 2.83. The second-order valence-electron chi connectivity index (χ2n) is 4.49. The normalized spacial score (nSPS) is 14.7. The molecule has 1 aliphatic rings. The summed E-state index contributed by atoms with van der Waals surface area (Å²) in [7, 11) is 0. The summed E-state index contributed by atoms with van der Waals surface area (Å²) in [5, 5.41) is 14.1. The number of rotatable bonds is 2. The quantitative estimate of drug-likeness (QED) is 0.873. The maximum atomic E-state index is 11.0. The minimum atomic E-state index is -0.826. The summed E-state index contributed by atoms with van der Waals surface area (Å²) in [6, 6.07) is 5.67. The molecule has 1 aliphatic heterocycles. The molecule has 0 amide bonds. The zero-order valence-electron chi connectivity index (χ0n) is 9.74. The van der Waals surface area contributed by atoms with Gasteiger partial charge in [0.15, 0.2) is 0 Å². The number of carboxylic acids is 1. The molecule has 3 rings (SSSR count). The van der Waals surface area contributed by atoms with Crippen LogP contribution in [0.2, 0.25) is 5.02 Å². The first-order valence-electron chi connectivity index (χ1n) is 5.89. The van der Waals surface area contributed by atoms with E-state index in [1.165, 1.54) is 5.56 Å². The number of aliphatic carboxylic acids is 1. The van der Waals surface area contributed by atoms with Crippen molar-refractivity contribution in [1.29, 1.82) is 0 Å². The Hall–Kier alpha value is -1.52. The lowest BCUT2D eigenvalue weighted by Gasteiger charge is -2.16. The number of halogens is 1. The average Bonchev–Trinajstić information content (AvgIpc) is 2.63. The second kappa shape index (κ2) is 4.30. The highest BCUT2D eigenvalue weighted by Gasteiger charge is 2.20. The average molecular weight is 265 g/mol. The topological polar surface area (TPSA) is 54.3 Å². The van der Waals surface area contributed by atoms with Crippen LogP contribution in [0.5, 0.6) is 0 Å². The van der Waals surface area contributed by atoms with Gasteiger partial charge in [0, 0.05) is 35.6 Å². The number of aromatic nitrogens is 1. The van der Waals surface area contributed by atoms with E-state index in [1.54, 1.807) is 0 Å². The van der Waals surface area contributed by atoms with Gasteiger partial charge in [0.25, 0.3) is 0 Å². The van der Waals surface area contributed by atoms with E-state index < -0.39 is 5.97 Å². The molecule has 0 saturated carbocycles. The van der Waals surface area contributed by atoms with Gasteiger partial charge in [0.05, 0.1) is 5.52 Å². The zero-order valence-corrected chi connectivity index (χ0v) is 10.5. The summed E-state index contributed by atoms with van der Waals surface area (Å²) < 4.78 is 1.87. The summed E-state index contributed by atoms with van der Waals surface area (Å²) in [6.45, 7) is 1.67. The fraction of sp³-hybridized carbons (Fsp3) is 0.308. The van der Waals surface area contributed by atoms with Crippen molar-refractivity contribution in [2.45, 2.75) is 19.5 Å². The lowest BCUT2D eigenvalue weighted by atomic mass is 10.1. The number of carbonyl (C=O) groups is 1. The molecule has 0 atom stereocenters. The Labute approximate surface area is 109 Å². The molecule has 0 saturated heterocycles. The Bertz CT molecular complexity index is 633. The molecule has 1 aromatic carbocycles. The monoisotopic (exact) mass is 264 g/mol. The Morgan fingerprint density at radius 2 is 2.33 bits per heavy atom. The number of carboxylic acid groups (broad SMARTS) is 1. The molecule has 0 bridgehead atoms. The van der Waals surface area contributed by atoms with E-state index in [4.69, 9.17) is 16.7 Å². The van der Waals surface area contributed by atoms with Crippen molar-refractivity contribution < 1.29 is 9.90 Å². The molecule has 0 radical (unpaired) electrons. The van der Waals surface area contributed by atoms with Crippen LogP contribution in [0.15, 0.2) is 18.2 Å². The SMILES string of the molecule is O=C(O)Cn1c2c(c3ccc(Cl)cc31)CNCC2. The molecule has 2 N–H and O–H groups in total. The number of hydrogen-bond acceptors (Lipinski definition) is 2. The van der Waals surface area contributed by atoms with Crippen molar-refractivity contribution in [2.75, 3.05) is 6.54 Å². The molecule has 94 valence electrons. The fourth-order valence-electron chi connectivity index (χ4n) is 2.67. The molecular formula is C13H13ClN2O2. The van der Waals surface area contributed by atoms with E-state index in [-0.39, 0.29) is 6.54 Å². The summed E-state index contributed by atoms with van der Waals surface area (Å²) in [5.74, 6) is -0.826. The van der Waals surface area contributed by atoms with Crippen LogP contribution < -0.4 is 5.32 Å². The van der Waals surface area contributed by atoms with Crippen LogP contribution in [0.25, 0.3) is 10.9 Å². The lowest BCUT2D eigenvalue weighted by Crippen LogP contribution is -2.25. The highest BCUT2D eigenvalue weighted by Crippen LogP contribution is 2.30. The third-order valence-corrected chi connectivity index (χ3v) is 3.62. The first-order valence-corrected chi connectivity index (χ1v) is 6.26. The molecule has 4 nitrogen and oxygen atoms in total. The zero-order chi connectivity index (χ0) is 12.7. The van der Waals surface area contributed by atoms with E-state index in [2.05, 4.69) is 5.32 Å². The van der Waals surface area contributed by atoms with E-state index >= 15 is 0 Å². The van der Waals surface area contributed by atoms with Gasteiger partial charge in [-0.05, 0) is 17.7 Å². The molecule has 2 heterocycles.